The van der Waals surface area contributed by atoms with Crippen LogP contribution in [0.2, 0.25) is 0 Å². The molecule has 1 unspecified atom stereocenters. The van der Waals surface area contributed by atoms with Crippen molar-refractivity contribution in [3.05, 3.63) is 0 Å². The summed E-state index contributed by atoms with van der Waals surface area (Å²) in [6.45, 7) is -0.176. The highest BCUT2D eigenvalue weighted by Crippen LogP contribution is 1.94. The third-order valence-electron chi connectivity index (χ3n) is 1.15. The molecule has 0 aromatic rings. The number of carbonyl (C=O) groups is 1. The maximum Gasteiger partial charge on any atom is 0.303 e. The van der Waals surface area contributed by atoms with E-state index in [1.165, 1.54) is 0 Å². The molecule has 11 heavy (non-hydrogen) atoms. The molecule has 0 aliphatic carbocycles. The maximum atomic E-state index is 10.0. The summed E-state index contributed by atoms with van der Waals surface area (Å²) >= 11 is 0. The van der Waals surface area contributed by atoms with Gasteiger partial charge in [-0.05, 0) is 6.42 Å². The number of rotatable bonds is 6. The van der Waals surface area contributed by atoms with Crippen molar-refractivity contribution in [1.29, 1.82) is 0 Å². The van der Waals surface area contributed by atoms with Crippen LogP contribution in [0.3, 0.4) is 0 Å². The zero-order valence-electron chi connectivity index (χ0n) is 6.19. The third kappa shape index (κ3) is 7.24. The summed E-state index contributed by atoms with van der Waals surface area (Å²) in [5, 5.41) is 16.4. The van der Waals surface area contributed by atoms with Crippen molar-refractivity contribution < 1.29 is 19.7 Å². The Morgan fingerprint density at radius 3 is 2.73 bits per heavy atom. The smallest absolute Gasteiger partial charge is 0.303 e. The lowest BCUT2D eigenvalue weighted by Gasteiger charge is -2.08. The van der Waals surface area contributed by atoms with E-state index in [-0.39, 0.29) is 25.9 Å². The van der Waals surface area contributed by atoms with E-state index >= 15 is 0 Å². The molecule has 0 saturated carbocycles. The molecule has 5 heteroatoms. The molecule has 0 aliphatic rings. The number of aliphatic carboxylic acids is 1. The van der Waals surface area contributed by atoms with Crippen molar-refractivity contribution in [3.8, 4) is 0 Å². The fourth-order valence-corrected chi connectivity index (χ4v) is 0.596. The van der Waals surface area contributed by atoms with Crippen molar-refractivity contribution in [2.45, 2.75) is 18.9 Å². The van der Waals surface area contributed by atoms with Gasteiger partial charge in [0.05, 0.1) is 6.61 Å². The summed E-state index contributed by atoms with van der Waals surface area (Å²) in [6, 6.07) is -0.307. The van der Waals surface area contributed by atoms with Crippen LogP contribution in [0, 0.1) is 0 Å². The Morgan fingerprint density at radius 2 is 2.27 bits per heavy atom. The maximum absolute atomic E-state index is 10.0. The van der Waals surface area contributed by atoms with E-state index < -0.39 is 5.97 Å². The van der Waals surface area contributed by atoms with E-state index in [1.807, 2.05) is 0 Å². The highest BCUT2D eigenvalue weighted by Gasteiger charge is 2.04. The second-order valence-electron chi connectivity index (χ2n) is 2.19. The molecule has 0 bridgehead atoms. The van der Waals surface area contributed by atoms with Crippen molar-refractivity contribution >= 4 is 5.97 Å². The van der Waals surface area contributed by atoms with E-state index in [2.05, 4.69) is 4.74 Å². The van der Waals surface area contributed by atoms with E-state index in [0.717, 1.165) is 0 Å². The van der Waals surface area contributed by atoms with Gasteiger partial charge in [0.1, 0.15) is 6.79 Å². The quantitative estimate of drug-likeness (QED) is 0.443. The number of hydrogen-bond acceptors (Lipinski definition) is 4. The van der Waals surface area contributed by atoms with E-state index in [0.29, 0.717) is 6.42 Å². The van der Waals surface area contributed by atoms with Crippen LogP contribution in [0.15, 0.2) is 0 Å². The van der Waals surface area contributed by atoms with Crippen molar-refractivity contribution in [1.82, 2.24) is 0 Å². The molecule has 0 fully saturated rings. The number of nitrogens with two attached hydrogens (primary N) is 1. The average Bonchev–Trinajstić information content (AvgIpc) is 1.97. The number of carboxylic acids is 1. The van der Waals surface area contributed by atoms with E-state index in [4.69, 9.17) is 15.9 Å². The standard InChI is InChI=1S/C6H13NO4/c7-5(3-11-4-8)1-2-6(9)10/h5,8H,1-4,7H2,(H,9,10). The second kappa shape index (κ2) is 6.09. The first kappa shape index (κ1) is 10.3. The van der Waals surface area contributed by atoms with E-state index in [1.54, 1.807) is 0 Å². The molecule has 0 saturated heterocycles. The molecule has 0 aliphatic heterocycles. The lowest BCUT2D eigenvalue weighted by molar-refractivity contribution is -0.137. The fraction of sp³-hybridized carbons (Fsp3) is 0.833. The zero-order valence-corrected chi connectivity index (χ0v) is 6.19. The molecule has 1 atom stereocenters. The van der Waals surface area contributed by atoms with Gasteiger partial charge in [-0.15, -0.1) is 0 Å². The van der Waals surface area contributed by atoms with Crippen LogP contribution in [-0.2, 0) is 9.53 Å². The number of aliphatic hydroxyl groups excluding tert-OH is 1. The first-order chi connectivity index (χ1) is 5.16. The summed E-state index contributed by atoms with van der Waals surface area (Å²) in [6.07, 6.45) is 0.408. The molecule has 0 rings (SSSR count). The number of hydrogen-bond donors (Lipinski definition) is 3. The molecule has 5 nitrogen and oxygen atoms in total. The Bertz CT molecular complexity index is 117. The van der Waals surface area contributed by atoms with Crippen LogP contribution in [-0.4, -0.2) is 35.6 Å². The minimum Gasteiger partial charge on any atom is -0.481 e. The monoisotopic (exact) mass is 163 g/mol. The predicted molar refractivity (Wildman–Crippen MR) is 37.9 cm³/mol. The van der Waals surface area contributed by atoms with Gasteiger partial charge in [0.15, 0.2) is 0 Å². The topological polar surface area (TPSA) is 92.8 Å². The van der Waals surface area contributed by atoms with E-state index in [9.17, 15) is 4.79 Å². The minimum absolute atomic E-state index is 0.0377. The highest BCUT2D eigenvalue weighted by atomic mass is 16.6. The molecule has 0 spiro atoms. The van der Waals surface area contributed by atoms with Gasteiger partial charge in [0.25, 0.3) is 0 Å². The summed E-state index contributed by atoms with van der Waals surface area (Å²) in [5.74, 6) is -0.871. The van der Waals surface area contributed by atoms with Gasteiger partial charge in [-0.3, -0.25) is 4.79 Å². The van der Waals surface area contributed by atoms with Gasteiger partial charge in [0.2, 0.25) is 0 Å². The molecule has 0 aromatic heterocycles. The van der Waals surface area contributed by atoms with Crippen LogP contribution in [0.25, 0.3) is 0 Å². The van der Waals surface area contributed by atoms with Crippen LogP contribution in [0.5, 0.6) is 0 Å². The summed E-state index contributed by atoms with van der Waals surface area (Å²) in [5.41, 5.74) is 5.41. The first-order valence-electron chi connectivity index (χ1n) is 3.32. The Labute approximate surface area is 64.8 Å². The van der Waals surface area contributed by atoms with Crippen molar-refractivity contribution in [3.63, 3.8) is 0 Å². The molecular weight excluding hydrogens is 150 g/mol. The lowest BCUT2D eigenvalue weighted by atomic mass is 10.2. The highest BCUT2D eigenvalue weighted by molar-refractivity contribution is 5.66. The second-order valence-corrected chi connectivity index (χ2v) is 2.19. The van der Waals surface area contributed by atoms with Crippen LogP contribution < -0.4 is 5.73 Å². The van der Waals surface area contributed by atoms with Gasteiger partial charge in [-0.1, -0.05) is 0 Å². The largest absolute Gasteiger partial charge is 0.481 e. The Kier molecular flexibility index (Phi) is 5.73. The first-order valence-corrected chi connectivity index (χ1v) is 3.32. The molecule has 0 amide bonds. The third-order valence-corrected chi connectivity index (χ3v) is 1.15. The number of ether oxygens (including phenoxy) is 1. The minimum atomic E-state index is -0.871. The summed E-state index contributed by atoms with van der Waals surface area (Å²) in [7, 11) is 0. The predicted octanol–water partition coefficient (Wildman–Crippen LogP) is -0.855. The number of carboxylic acid groups (broad SMARTS) is 1. The Morgan fingerprint density at radius 1 is 1.64 bits per heavy atom. The zero-order chi connectivity index (χ0) is 8.69. The van der Waals surface area contributed by atoms with Crippen LogP contribution in [0.4, 0.5) is 0 Å². The Hall–Kier alpha value is -0.650. The lowest BCUT2D eigenvalue weighted by Crippen LogP contribution is -2.27. The van der Waals surface area contributed by atoms with Gasteiger partial charge in [0, 0.05) is 12.5 Å². The van der Waals surface area contributed by atoms with Gasteiger partial charge in [-0.2, -0.15) is 0 Å². The molecule has 0 radical (unpaired) electrons. The van der Waals surface area contributed by atoms with Gasteiger partial charge in [-0.25, -0.2) is 0 Å². The normalized spacial score (nSPS) is 12.9. The molecule has 0 heterocycles. The SMILES string of the molecule is NC(CCC(=O)O)COCO. The molecule has 4 N–H and O–H groups in total. The average molecular weight is 163 g/mol. The van der Waals surface area contributed by atoms with Crippen LogP contribution >= 0.6 is 0 Å². The molecule has 66 valence electrons. The van der Waals surface area contributed by atoms with Gasteiger partial charge < -0.3 is 20.7 Å². The molecule has 0 aromatic carbocycles. The van der Waals surface area contributed by atoms with Crippen LogP contribution in [0.1, 0.15) is 12.8 Å². The number of aliphatic hydroxyl groups is 1. The van der Waals surface area contributed by atoms with Crippen molar-refractivity contribution in [2.24, 2.45) is 5.73 Å². The van der Waals surface area contributed by atoms with Gasteiger partial charge >= 0.3 is 5.97 Å². The molecular formula is C6H13NO4. The Balaban J connectivity index is 3.22. The summed E-state index contributed by atoms with van der Waals surface area (Å²) in [4.78, 5) is 10.0. The fourth-order valence-electron chi connectivity index (χ4n) is 0.596. The summed E-state index contributed by atoms with van der Waals surface area (Å²) < 4.78 is 4.57. The van der Waals surface area contributed by atoms with Crippen molar-refractivity contribution in [2.75, 3.05) is 13.4 Å².